The molecule has 8 heteroatoms. The van der Waals surface area contributed by atoms with Crippen molar-refractivity contribution in [2.24, 2.45) is 0 Å². The van der Waals surface area contributed by atoms with Gasteiger partial charge in [0.15, 0.2) is 0 Å². The van der Waals surface area contributed by atoms with E-state index in [1.165, 1.54) is 38.3 Å². The van der Waals surface area contributed by atoms with Gasteiger partial charge >= 0.3 is 12.6 Å². The Hall–Kier alpha value is -2.38. The lowest BCUT2D eigenvalue weighted by molar-refractivity contribution is -0.144. The lowest BCUT2D eigenvalue weighted by atomic mass is 10.2. The van der Waals surface area contributed by atoms with Gasteiger partial charge in [-0.3, -0.25) is 4.79 Å². The summed E-state index contributed by atoms with van der Waals surface area (Å²) in [6, 6.07) is 4.91. The van der Waals surface area contributed by atoms with E-state index >= 15 is 0 Å². The molecule has 0 bridgehead atoms. The minimum atomic E-state index is -2.88. The van der Waals surface area contributed by atoms with Crippen molar-refractivity contribution in [3.8, 4) is 5.75 Å². The molecule has 0 radical (unpaired) electrons. The third-order valence-electron chi connectivity index (χ3n) is 2.45. The van der Waals surface area contributed by atoms with E-state index in [9.17, 15) is 18.4 Å². The summed E-state index contributed by atoms with van der Waals surface area (Å²) >= 11 is 0. The van der Waals surface area contributed by atoms with Gasteiger partial charge in [0.25, 0.3) is 0 Å². The normalized spacial score (nSPS) is 11.7. The van der Waals surface area contributed by atoms with Gasteiger partial charge in [0.1, 0.15) is 11.8 Å². The second-order valence-electron chi connectivity index (χ2n) is 4.06. The van der Waals surface area contributed by atoms with Gasteiger partial charge < -0.3 is 20.1 Å². The van der Waals surface area contributed by atoms with E-state index < -0.39 is 18.6 Å². The van der Waals surface area contributed by atoms with Crippen LogP contribution in [-0.2, 0) is 14.3 Å². The lowest BCUT2D eigenvalue weighted by Crippen LogP contribution is -2.45. The maximum atomic E-state index is 12.0. The van der Waals surface area contributed by atoms with Crippen LogP contribution in [0.4, 0.5) is 14.5 Å². The predicted molar refractivity (Wildman–Crippen MR) is 71.2 cm³/mol. The van der Waals surface area contributed by atoms with Crippen molar-refractivity contribution in [3.63, 3.8) is 0 Å². The van der Waals surface area contributed by atoms with E-state index in [4.69, 9.17) is 0 Å². The predicted octanol–water partition coefficient (Wildman–Crippen LogP) is 1.38. The van der Waals surface area contributed by atoms with Crippen molar-refractivity contribution in [3.05, 3.63) is 24.3 Å². The van der Waals surface area contributed by atoms with Crippen LogP contribution in [0.1, 0.15) is 6.92 Å². The van der Waals surface area contributed by atoms with Crippen LogP contribution < -0.4 is 15.4 Å². The van der Waals surface area contributed by atoms with Crippen molar-refractivity contribution in [2.75, 3.05) is 19.0 Å². The van der Waals surface area contributed by atoms with E-state index in [2.05, 4.69) is 20.1 Å². The van der Waals surface area contributed by atoms with E-state index in [0.717, 1.165) is 0 Å². The van der Waals surface area contributed by atoms with Crippen LogP contribution in [0.2, 0.25) is 0 Å². The Kier molecular flexibility index (Phi) is 6.38. The number of hydrogen-bond acceptors (Lipinski definition) is 5. The van der Waals surface area contributed by atoms with Crippen LogP contribution >= 0.6 is 0 Å². The average Bonchev–Trinajstić information content (AvgIpc) is 2.43. The molecule has 0 aliphatic carbocycles. The summed E-state index contributed by atoms with van der Waals surface area (Å²) in [7, 11) is 1.22. The van der Waals surface area contributed by atoms with Crippen molar-refractivity contribution in [1.82, 2.24) is 5.32 Å². The molecule has 1 atom stereocenters. The molecule has 1 unspecified atom stereocenters. The van der Waals surface area contributed by atoms with Crippen molar-refractivity contribution >= 4 is 17.6 Å². The molecule has 0 saturated heterocycles. The highest BCUT2D eigenvalue weighted by atomic mass is 19.3. The van der Waals surface area contributed by atoms with Crippen LogP contribution in [0.25, 0.3) is 0 Å². The summed E-state index contributed by atoms with van der Waals surface area (Å²) in [6.45, 7) is -1.50. The molecular formula is C13H16F2N2O4. The Morgan fingerprint density at radius 2 is 1.86 bits per heavy atom. The molecule has 0 fully saturated rings. The van der Waals surface area contributed by atoms with Crippen LogP contribution in [0.5, 0.6) is 5.75 Å². The monoisotopic (exact) mass is 302 g/mol. The van der Waals surface area contributed by atoms with Gasteiger partial charge in [-0.2, -0.15) is 8.78 Å². The maximum absolute atomic E-state index is 12.0. The molecule has 0 spiro atoms. The molecule has 21 heavy (non-hydrogen) atoms. The van der Waals surface area contributed by atoms with Gasteiger partial charge in [-0.05, 0) is 24.3 Å². The fraction of sp³-hybridized carbons (Fsp3) is 0.385. The van der Waals surface area contributed by atoms with Gasteiger partial charge in [0, 0.05) is 19.2 Å². The average molecular weight is 302 g/mol. The molecule has 1 rings (SSSR count). The van der Waals surface area contributed by atoms with Crippen molar-refractivity contribution in [2.45, 2.75) is 19.6 Å². The number of anilines is 1. The molecule has 2 N–H and O–H groups in total. The zero-order chi connectivity index (χ0) is 15.8. The number of carbonyl (C=O) groups is 2. The van der Waals surface area contributed by atoms with Crippen LogP contribution in [0, 0.1) is 0 Å². The largest absolute Gasteiger partial charge is 0.467 e. The molecule has 0 heterocycles. The van der Waals surface area contributed by atoms with Crippen LogP contribution in [-0.4, -0.2) is 38.2 Å². The van der Waals surface area contributed by atoms with Gasteiger partial charge in [0.2, 0.25) is 5.91 Å². The van der Waals surface area contributed by atoms with Gasteiger partial charge in [-0.25, -0.2) is 4.79 Å². The Morgan fingerprint density at radius 3 is 2.33 bits per heavy atom. The van der Waals surface area contributed by atoms with E-state index in [0.29, 0.717) is 5.69 Å². The molecule has 1 aromatic carbocycles. The summed E-state index contributed by atoms with van der Waals surface area (Å²) in [4.78, 5) is 22.5. The maximum Gasteiger partial charge on any atom is 0.387 e. The third kappa shape index (κ3) is 6.07. The zero-order valence-electron chi connectivity index (χ0n) is 11.6. The SMILES string of the molecule is COC(=O)C(CNc1ccc(OC(F)F)cc1)NC(C)=O. The summed E-state index contributed by atoms with van der Waals surface area (Å²) < 4.78 is 32.8. The second kappa shape index (κ2) is 8.03. The van der Waals surface area contributed by atoms with E-state index in [1.807, 2.05) is 0 Å². The number of ether oxygens (including phenoxy) is 2. The molecule has 0 saturated carbocycles. The highest BCUT2D eigenvalue weighted by Gasteiger charge is 2.19. The van der Waals surface area contributed by atoms with Crippen LogP contribution in [0.3, 0.4) is 0 Å². The summed E-state index contributed by atoms with van der Waals surface area (Å²) in [5.41, 5.74) is 0.580. The van der Waals surface area contributed by atoms with Crippen molar-refractivity contribution in [1.29, 1.82) is 0 Å². The van der Waals surface area contributed by atoms with Gasteiger partial charge in [0.05, 0.1) is 7.11 Å². The summed E-state index contributed by atoms with van der Waals surface area (Å²) in [5, 5.41) is 5.33. The van der Waals surface area contributed by atoms with Crippen LogP contribution in [0.15, 0.2) is 24.3 Å². The second-order valence-corrected chi connectivity index (χ2v) is 4.06. The van der Waals surface area contributed by atoms with Crippen molar-refractivity contribution < 1.29 is 27.8 Å². The minimum Gasteiger partial charge on any atom is -0.467 e. The Balaban J connectivity index is 2.58. The van der Waals surface area contributed by atoms with Gasteiger partial charge in [-0.1, -0.05) is 0 Å². The first-order valence-corrected chi connectivity index (χ1v) is 6.06. The van der Waals surface area contributed by atoms with E-state index in [-0.39, 0.29) is 18.2 Å². The number of amides is 1. The van der Waals surface area contributed by atoms with Gasteiger partial charge in [-0.15, -0.1) is 0 Å². The number of carbonyl (C=O) groups excluding carboxylic acids is 2. The molecule has 0 aliphatic rings. The standard InChI is InChI=1S/C13H16F2N2O4/c1-8(18)17-11(12(19)20-2)7-16-9-3-5-10(6-4-9)21-13(14)15/h3-6,11,13,16H,7H2,1-2H3,(H,17,18). The number of rotatable bonds is 7. The Morgan fingerprint density at radius 1 is 1.24 bits per heavy atom. The highest BCUT2D eigenvalue weighted by molar-refractivity contribution is 5.83. The number of benzene rings is 1. The first kappa shape index (κ1) is 16.7. The third-order valence-corrected chi connectivity index (χ3v) is 2.45. The van der Waals surface area contributed by atoms with E-state index in [1.54, 1.807) is 0 Å². The molecule has 0 aliphatic heterocycles. The zero-order valence-corrected chi connectivity index (χ0v) is 11.6. The number of methoxy groups -OCH3 is 1. The lowest BCUT2D eigenvalue weighted by Gasteiger charge is -2.17. The number of nitrogens with one attached hydrogen (secondary N) is 2. The first-order chi connectivity index (χ1) is 9.92. The minimum absolute atomic E-state index is 0.0296. The number of halogens is 2. The molecule has 1 amide bonds. The smallest absolute Gasteiger partial charge is 0.387 e. The number of hydrogen-bond donors (Lipinski definition) is 2. The fourth-order valence-corrected chi connectivity index (χ4v) is 1.56. The highest BCUT2D eigenvalue weighted by Crippen LogP contribution is 2.17. The molecule has 6 nitrogen and oxygen atoms in total. The Labute approximate surface area is 120 Å². The topological polar surface area (TPSA) is 76.7 Å². The number of esters is 1. The molecule has 0 aromatic heterocycles. The molecular weight excluding hydrogens is 286 g/mol. The summed E-state index contributed by atoms with van der Waals surface area (Å²) in [5.74, 6) is -0.926. The summed E-state index contributed by atoms with van der Waals surface area (Å²) in [6.07, 6.45) is 0. The number of alkyl halides is 2. The first-order valence-electron chi connectivity index (χ1n) is 6.06. The quantitative estimate of drug-likeness (QED) is 0.744. The molecule has 1 aromatic rings. The Bertz CT molecular complexity index is 480. The fourth-order valence-electron chi connectivity index (χ4n) is 1.56. The molecule has 116 valence electrons.